The average molecular weight is 356 g/mol. The van der Waals surface area contributed by atoms with Crippen LogP contribution in [0.1, 0.15) is 39.0 Å². The summed E-state index contributed by atoms with van der Waals surface area (Å²) in [6.45, 7) is 6.84. The summed E-state index contributed by atoms with van der Waals surface area (Å²) >= 11 is 0. The van der Waals surface area contributed by atoms with E-state index in [1.807, 2.05) is 9.80 Å². The molecule has 1 N–H and O–H groups in total. The normalized spacial score (nSPS) is 39.0. The molecular weight excluding hydrogens is 326 g/mol. The van der Waals surface area contributed by atoms with Crippen LogP contribution in [0.2, 0.25) is 0 Å². The van der Waals surface area contributed by atoms with Crippen molar-refractivity contribution in [3.05, 3.63) is 0 Å². The SMILES string of the molecule is CC1CCC(N2CC(C(=O)N3C[C@H]4CNC[C@H]4C3)CC2=O)CC1.Cl. The first-order chi connectivity index (χ1) is 11.1. The number of carbonyl (C=O) groups excluding carboxylic acids is 2. The molecule has 4 fully saturated rings. The summed E-state index contributed by atoms with van der Waals surface area (Å²) in [5.41, 5.74) is 0. The molecule has 0 aromatic heterocycles. The van der Waals surface area contributed by atoms with Crippen molar-refractivity contribution in [2.45, 2.75) is 45.1 Å². The Hall–Kier alpha value is -0.810. The van der Waals surface area contributed by atoms with Crippen LogP contribution in [0.15, 0.2) is 0 Å². The molecule has 0 aromatic carbocycles. The smallest absolute Gasteiger partial charge is 0.228 e. The van der Waals surface area contributed by atoms with Gasteiger partial charge in [0, 0.05) is 45.2 Å². The zero-order chi connectivity index (χ0) is 16.0. The lowest BCUT2D eigenvalue weighted by Crippen LogP contribution is -2.41. The highest BCUT2D eigenvalue weighted by Gasteiger charge is 2.44. The van der Waals surface area contributed by atoms with Crippen molar-refractivity contribution in [3.63, 3.8) is 0 Å². The number of hydrogen-bond acceptors (Lipinski definition) is 3. The Balaban J connectivity index is 0.00000169. The molecule has 6 heteroatoms. The number of nitrogens with zero attached hydrogens (tertiary/aromatic N) is 2. The quantitative estimate of drug-likeness (QED) is 0.817. The molecule has 3 atom stereocenters. The van der Waals surface area contributed by atoms with Crippen LogP contribution in [0.4, 0.5) is 0 Å². The van der Waals surface area contributed by atoms with E-state index in [2.05, 4.69) is 12.2 Å². The molecule has 0 spiro atoms. The number of hydrogen-bond donors (Lipinski definition) is 1. The maximum Gasteiger partial charge on any atom is 0.228 e. The van der Waals surface area contributed by atoms with Gasteiger partial charge in [0.2, 0.25) is 11.8 Å². The van der Waals surface area contributed by atoms with Gasteiger partial charge in [-0.15, -0.1) is 12.4 Å². The van der Waals surface area contributed by atoms with Gasteiger partial charge in [-0.3, -0.25) is 9.59 Å². The van der Waals surface area contributed by atoms with E-state index in [0.29, 0.717) is 30.8 Å². The summed E-state index contributed by atoms with van der Waals surface area (Å²) in [6.07, 6.45) is 5.11. The molecule has 4 rings (SSSR count). The van der Waals surface area contributed by atoms with Gasteiger partial charge in [0.05, 0.1) is 5.92 Å². The van der Waals surface area contributed by atoms with E-state index in [4.69, 9.17) is 0 Å². The summed E-state index contributed by atoms with van der Waals surface area (Å²) in [4.78, 5) is 29.3. The lowest BCUT2D eigenvalue weighted by molar-refractivity contribution is -0.135. The minimum absolute atomic E-state index is 0. The van der Waals surface area contributed by atoms with Gasteiger partial charge in [0.15, 0.2) is 0 Å². The van der Waals surface area contributed by atoms with Gasteiger partial charge < -0.3 is 15.1 Å². The Kier molecular flexibility index (Phi) is 5.40. The lowest BCUT2D eigenvalue weighted by Gasteiger charge is -2.33. The second-order valence-electron chi connectivity index (χ2n) is 8.28. The average Bonchev–Trinajstić information content (AvgIpc) is 3.21. The number of rotatable bonds is 2. The number of carbonyl (C=O) groups is 2. The number of likely N-dealkylation sites (tertiary alicyclic amines) is 2. The highest BCUT2D eigenvalue weighted by Crippen LogP contribution is 2.33. The largest absolute Gasteiger partial charge is 0.342 e. The molecule has 3 saturated heterocycles. The van der Waals surface area contributed by atoms with Crippen molar-refractivity contribution < 1.29 is 9.59 Å². The monoisotopic (exact) mass is 355 g/mol. The summed E-state index contributed by atoms with van der Waals surface area (Å²) < 4.78 is 0. The highest BCUT2D eigenvalue weighted by atomic mass is 35.5. The fourth-order valence-electron chi connectivity index (χ4n) is 5.10. The predicted octanol–water partition coefficient (Wildman–Crippen LogP) is 1.51. The maximum atomic E-state index is 12.8. The standard InChI is InChI=1S/C18H29N3O2.ClH/c1-12-2-4-16(5-3-12)21-11-13(6-17(21)22)18(23)20-9-14-7-19-8-15(14)10-20;/h12-16,19H,2-11H2,1H3;1H/t12?,13?,14-,15+,16?;. The first-order valence-corrected chi connectivity index (χ1v) is 9.40. The predicted molar refractivity (Wildman–Crippen MR) is 94.9 cm³/mol. The van der Waals surface area contributed by atoms with Crippen LogP contribution in [0.25, 0.3) is 0 Å². The maximum absolute atomic E-state index is 12.8. The first-order valence-electron chi connectivity index (χ1n) is 9.40. The summed E-state index contributed by atoms with van der Waals surface area (Å²) in [6, 6.07) is 0.388. The molecule has 24 heavy (non-hydrogen) atoms. The van der Waals surface area contributed by atoms with E-state index >= 15 is 0 Å². The van der Waals surface area contributed by atoms with Crippen LogP contribution in [-0.4, -0.2) is 60.4 Å². The van der Waals surface area contributed by atoms with E-state index < -0.39 is 0 Å². The number of fused-ring (bicyclic) bond motifs is 1. The van der Waals surface area contributed by atoms with Crippen LogP contribution in [0.5, 0.6) is 0 Å². The van der Waals surface area contributed by atoms with Crippen molar-refractivity contribution in [2.75, 3.05) is 32.7 Å². The highest BCUT2D eigenvalue weighted by molar-refractivity contribution is 5.89. The summed E-state index contributed by atoms with van der Waals surface area (Å²) in [5.74, 6) is 2.41. The molecule has 0 aromatic rings. The lowest BCUT2D eigenvalue weighted by atomic mass is 9.86. The molecule has 1 saturated carbocycles. The van der Waals surface area contributed by atoms with E-state index in [1.54, 1.807) is 0 Å². The van der Waals surface area contributed by atoms with Gasteiger partial charge in [-0.1, -0.05) is 6.92 Å². The first kappa shape index (κ1) is 18.0. The molecule has 3 heterocycles. The molecule has 4 aliphatic rings. The molecule has 0 radical (unpaired) electrons. The van der Waals surface area contributed by atoms with Gasteiger partial charge in [0.25, 0.3) is 0 Å². The number of nitrogens with one attached hydrogen (secondary N) is 1. The second-order valence-corrected chi connectivity index (χ2v) is 8.28. The Morgan fingerprint density at radius 2 is 1.67 bits per heavy atom. The minimum atomic E-state index is -0.0892. The van der Waals surface area contributed by atoms with Gasteiger partial charge in [-0.2, -0.15) is 0 Å². The number of amides is 2. The third-order valence-electron chi connectivity index (χ3n) is 6.64. The van der Waals surface area contributed by atoms with Crippen LogP contribution >= 0.6 is 12.4 Å². The van der Waals surface area contributed by atoms with Crippen LogP contribution in [0.3, 0.4) is 0 Å². The molecule has 2 amide bonds. The molecule has 136 valence electrons. The molecule has 1 aliphatic carbocycles. The van der Waals surface area contributed by atoms with Gasteiger partial charge in [0.1, 0.15) is 0 Å². The third-order valence-corrected chi connectivity index (χ3v) is 6.64. The van der Waals surface area contributed by atoms with Crippen molar-refractivity contribution in [1.29, 1.82) is 0 Å². The van der Waals surface area contributed by atoms with Gasteiger partial charge in [-0.25, -0.2) is 0 Å². The van der Waals surface area contributed by atoms with Gasteiger partial charge in [-0.05, 0) is 43.4 Å². The van der Waals surface area contributed by atoms with E-state index in [1.165, 1.54) is 12.8 Å². The Bertz CT molecular complexity index is 481. The fourth-order valence-corrected chi connectivity index (χ4v) is 5.10. The van der Waals surface area contributed by atoms with Gasteiger partial charge >= 0.3 is 0 Å². The Morgan fingerprint density at radius 3 is 2.29 bits per heavy atom. The zero-order valence-corrected chi connectivity index (χ0v) is 15.4. The second kappa shape index (κ2) is 7.20. The van der Waals surface area contributed by atoms with Crippen LogP contribution in [-0.2, 0) is 9.59 Å². The van der Waals surface area contributed by atoms with Crippen molar-refractivity contribution in [1.82, 2.24) is 15.1 Å². The molecular formula is C18H30ClN3O2. The topological polar surface area (TPSA) is 52.7 Å². The van der Waals surface area contributed by atoms with Crippen LogP contribution in [0, 0.1) is 23.7 Å². The Morgan fingerprint density at radius 1 is 1.04 bits per heavy atom. The molecule has 5 nitrogen and oxygen atoms in total. The number of halogens is 1. The fraction of sp³-hybridized carbons (Fsp3) is 0.889. The molecule has 0 bridgehead atoms. The van der Waals surface area contributed by atoms with Crippen LogP contribution < -0.4 is 5.32 Å². The summed E-state index contributed by atoms with van der Waals surface area (Å²) in [5, 5.41) is 3.41. The van der Waals surface area contributed by atoms with Crippen molar-refractivity contribution >= 4 is 24.2 Å². The van der Waals surface area contributed by atoms with Crippen molar-refractivity contribution in [3.8, 4) is 0 Å². The van der Waals surface area contributed by atoms with Crippen molar-refractivity contribution in [2.24, 2.45) is 23.7 Å². The van der Waals surface area contributed by atoms with E-state index in [-0.39, 0.29) is 30.1 Å². The molecule has 1 unspecified atom stereocenters. The molecule has 3 aliphatic heterocycles. The third kappa shape index (κ3) is 3.30. The van der Waals surface area contributed by atoms with E-state index in [9.17, 15) is 9.59 Å². The minimum Gasteiger partial charge on any atom is -0.342 e. The zero-order valence-electron chi connectivity index (χ0n) is 14.6. The Labute approximate surface area is 150 Å². The summed E-state index contributed by atoms with van der Waals surface area (Å²) in [7, 11) is 0. The van der Waals surface area contributed by atoms with E-state index in [0.717, 1.165) is 44.9 Å².